The third-order valence-corrected chi connectivity index (χ3v) is 4.03. The maximum absolute atomic E-state index is 12.2. The number of rotatable bonds is 3. The summed E-state index contributed by atoms with van der Waals surface area (Å²) in [6, 6.07) is 15.1. The lowest BCUT2D eigenvalue weighted by atomic mass is 10.1. The van der Waals surface area contributed by atoms with Crippen LogP contribution in [0.1, 0.15) is 11.1 Å². The molecular weight excluding hydrogens is 260 g/mol. The van der Waals surface area contributed by atoms with Crippen LogP contribution in [0, 0.1) is 18.3 Å². The molecular formula is C14H12N2O2S. The number of nitrogens with one attached hydrogen (secondary N) is 1. The van der Waals surface area contributed by atoms with Crippen LogP contribution in [0.3, 0.4) is 0 Å². The normalized spacial score (nSPS) is 10.7. The van der Waals surface area contributed by atoms with E-state index in [1.54, 1.807) is 31.2 Å². The summed E-state index contributed by atoms with van der Waals surface area (Å²) in [6.45, 7) is 1.71. The molecule has 0 heterocycles. The minimum atomic E-state index is -3.62. The highest BCUT2D eigenvalue weighted by molar-refractivity contribution is 7.92. The van der Waals surface area contributed by atoms with Crippen molar-refractivity contribution >= 4 is 15.7 Å². The summed E-state index contributed by atoms with van der Waals surface area (Å²) in [6.07, 6.45) is 0. The second-order valence-electron chi connectivity index (χ2n) is 4.06. The number of anilines is 1. The molecule has 0 amide bonds. The predicted octanol–water partition coefficient (Wildman–Crippen LogP) is 2.67. The Hall–Kier alpha value is -2.32. The van der Waals surface area contributed by atoms with E-state index < -0.39 is 10.0 Å². The van der Waals surface area contributed by atoms with Crippen LogP contribution in [0.4, 0.5) is 5.69 Å². The monoisotopic (exact) mass is 272 g/mol. The Morgan fingerprint density at radius 3 is 2.37 bits per heavy atom. The molecule has 0 spiro atoms. The van der Waals surface area contributed by atoms with Gasteiger partial charge in [-0.1, -0.05) is 18.2 Å². The van der Waals surface area contributed by atoms with Gasteiger partial charge in [0.05, 0.1) is 16.5 Å². The number of hydrogen-bond acceptors (Lipinski definition) is 3. The molecule has 0 aliphatic heterocycles. The Kier molecular flexibility index (Phi) is 3.54. The van der Waals surface area contributed by atoms with E-state index in [1.807, 2.05) is 12.1 Å². The van der Waals surface area contributed by atoms with Gasteiger partial charge in [-0.15, -0.1) is 0 Å². The Bertz CT molecular complexity index is 732. The third-order valence-electron chi connectivity index (χ3n) is 2.65. The van der Waals surface area contributed by atoms with Gasteiger partial charge in [-0.25, -0.2) is 8.42 Å². The maximum atomic E-state index is 12.2. The first-order chi connectivity index (χ1) is 9.03. The zero-order valence-electron chi connectivity index (χ0n) is 10.3. The molecule has 2 aromatic rings. The Morgan fingerprint density at radius 1 is 1.11 bits per heavy atom. The second-order valence-corrected chi connectivity index (χ2v) is 5.74. The molecule has 0 saturated heterocycles. The Morgan fingerprint density at radius 2 is 1.79 bits per heavy atom. The molecule has 0 aliphatic carbocycles. The van der Waals surface area contributed by atoms with Gasteiger partial charge in [0.1, 0.15) is 0 Å². The van der Waals surface area contributed by atoms with Crippen LogP contribution in [0.15, 0.2) is 53.4 Å². The molecule has 1 N–H and O–H groups in total. The van der Waals surface area contributed by atoms with Gasteiger partial charge in [-0.05, 0) is 42.8 Å². The van der Waals surface area contributed by atoms with Gasteiger partial charge < -0.3 is 0 Å². The minimum absolute atomic E-state index is 0.146. The molecule has 0 fully saturated rings. The summed E-state index contributed by atoms with van der Waals surface area (Å²) in [5.41, 5.74) is 1.61. The second kappa shape index (κ2) is 5.12. The molecule has 0 unspecified atom stereocenters. The summed E-state index contributed by atoms with van der Waals surface area (Å²) in [4.78, 5) is 0.146. The number of hydrogen-bond donors (Lipinski definition) is 1. The Labute approximate surface area is 112 Å². The lowest BCUT2D eigenvalue weighted by Crippen LogP contribution is -2.13. The number of nitrogens with zero attached hydrogens (tertiary/aromatic N) is 1. The molecule has 2 rings (SSSR count). The highest BCUT2D eigenvalue weighted by atomic mass is 32.2. The van der Waals surface area contributed by atoms with E-state index in [4.69, 9.17) is 5.26 Å². The number of aryl methyl sites for hydroxylation is 1. The quantitative estimate of drug-likeness (QED) is 0.933. The van der Waals surface area contributed by atoms with Crippen LogP contribution in [0.25, 0.3) is 0 Å². The first kappa shape index (κ1) is 13.1. The van der Waals surface area contributed by atoms with Gasteiger partial charge in [-0.2, -0.15) is 5.26 Å². The molecule has 19 heavy (non-hydrogen) atoms. The van der Waals surface area contributed by atoms with Crippen molar-refractivity contribution in [2.45, 2.75) is 11.8 Å². The molecule has 0 radical (unpaired) electrons. The first-order valence-electron chi connectivity index (χ1n) is 5.61. The van der Waals surface area contributed by atoms with Gasteiger partial charge in [0.15, 0.2) is 0 Å². The molecule has 5 heteroatoms. The van der Waals surface area contributed by atoms with Crippen molar-refractivity contribution in [1.82, 2.24) is 0 Å². The highest BCUT2D eigenvalue weighted by Gasteiger charge is 2.15. The number of nitriles is 1. The van der Waals surface area contributed by atoms with Crippen molar-refractivity contribution in [2.75, 3.05) is 4.72 Å². The fraction of sp³-hybridized carbons (Fsp3) is 0.0714. The van der Waals surface area contributed by atoms with Crippen LogP contribution in [0.2, 0.25) is 0 Å². The van der Waals surface area contributed by atoms with Crippen molar-refractivity contribution in [3.8, 4) is 6.07 Å². The van der Waals surface area contributed by atoms with E-state index in [1.165, 1.54) is 18.2 Å². The molecule has 2 aromatic carbocycles. The van der Waals surface area contributed by atoms with E-state index in [2.05, 4.69) is 4.72 Å². The smallest absolute Gasteiger partial charge is 0.261 e. The van der Waals surface area contributed by atoms with E-state index in [0.717, 1.165) is 0 Å². The third kappa shape index (κ3) is 2.92. The SMILES string of the molecule is Cc1cc(S(=O)(=O)Nc2ccccc2)ccc1C#N. The van der Waals surface area contributed by atoms with Gasteiger partial charge in [0, 0.05) is 5.69 Å². The number of sulfonamides is 1. The van der Waals surface area contributed by atoms with Crippen molar-refractivity contribution in [1.29, 1.82) is 5.26 Å². The van der Waals surface area contributed by atoms with Crippen molar-refractivity contribution in [3.05, 3.63) is 59.7 Å². The molecule has 0 atom stereocenters. The van der Waals surface area contributed by atoms with E-state index in [9.17, 15) is 8.42 Å². The summed E-state index contributed by atoms with van der Waals surface area (Å²) in [5, 5.41) is 8.83. The van der Waals surface area contributed by atoms with E-state index >= 15 is 0 Å². The van der Waals surface area contributed by atoms with Crippen molar-refractivity contribution in [3.63, 3.8) is 0 Å². The van der Waals surface area contributed by atoms with Crippen LogP contribution < -0.4 is 4.72 Å². The number of benzene rings is 2. The van der Waals surface area contributed by atoms with E-state index in [0.29, 0.717) is 16.8 Å². The topological polar surface area (TPSA) is 70.0 Å². The molecule has 0 aliphatic rings. The molecule has 0 bridgehead atoms. The summed E-state index contributed by atoms with van der Waals surface area (Å²) in [7, 11) is -3.62. The van der Waals surface area contributed by atoms with Gasteiger partial charge >= 0.3 is 0 Å². The van der Waals surface area contributed by atoms with Crippen LogP contribution in [-0.2, 0) is 10.0 Å². The largest absolute Gasteiger partial charge is 0.280 e. The first-order valence-corrected chi connectivity index (χ1v) is 7.10. The zero-order valence-corrected chi connectivity index (χ0v) is 11.1. The van der Waals surface area contributed by atoms with Gasteiger partial charge in [0.2, 0.25) is 0 Å². The van der Waals surface area contributed by atoms with Gasteiger partial charge in [0.25, 0.3) is 10.0 Å². The maximum Gasteiger partial charge on any atom is 0.261 e. The van der Waals surface area contributed by atoms with Crippen LogP contribution in [0.5, 0.6) is 0 Å². The van der Waals surface area contributed by atoms with Gasteiger partial charge in [-0.3, -0.25) is 4.72 Å². The lowest BCUT2D eigenvalue weighted by Gasteiger charge is -2.08. The fourth-order valence-electron chi connectivity index (χ4n) is 1.65. The summed E-state index contributed by atoms with van der Waals surface area (Å²) >= 11 is 0. The molecule has 0 aromatic heterocycles. The van der Waals surface area contributed by atoms with Crippen LogP contribution >= 0.6 is 0 Å². The standard InChI is InChI=1S/C14H12N2O2S/c1-11-9-14(8-7-12(11)10-15)19(17,18)16-13-5-3-2-4-6-13/h2-9,16H,1H3. The van der Waals surface area contributed by atoms with E-state index in [-0.39, 0.29) is 4.90 Å². The summed E-state index contributed by atoms with van der Waals surface area (Å²) in [5.74, 6) is 0. The fourth-order valence-corrected chi connectivity index (χ4v) is 2.79. The van der Waals surface area contributed by atoms with Crippen LogP contribution in [-0.4, -0.2) is 8.42 Å². The highest BCUT2D eigenvalue weighted by Crippen LogP contribution is 2.18. The minimum Gasteiger partial charge on any atom is -0.280 e. The average Bonchev–Trinajstić information content (AvgIpc) is 2.39. The molecule has 4 nitrogen and oxygen atoms in total. The predicted molar refractivity (Wildman–Crippen MR) is 73.1 cm³/mol. The van der Waals surface area contributed by atoms with Crippen molar-refractivity contribution < 1.29 is 8.42 Å². The lowest BCUT2D eigenvalue weighted by molar-refractivity contribution is 0.601. The molecule has 0 saturated carbocycles. The Balaban J connectivity index is 2.36. The van der Waals surface area contributed by atoms with Crippen molar-refractivity contribution in [2.24, 2.45) is 0 Å². The summed E-state index contributed by atoms with van der Waals surface area (Å²) < 4.78 is 26.8. The number of para-hydroxylation sites is 1. The zero-order chi connectivity index (χ0) is 13.9. The average molecular weight is 272 g/mol. The molecule has 96 valence electrons.